The summed E-state index contributed by atoms with van der Waals surface area (Å²) in [6, 6.07) is 11.8. The minimum Gasteiger partial charge on any atom is -0.356 e. The Balaban J connectivity index is 2.01. The van der Waals surface area contributed by atoms with Crippen LogP contribution in [0, 0.1) is 5.92 Å². The Morgan fingerprint density at radius 3 is 2.43 bits per heavy atom. The second-order valence-electron chi connectivity index (χ2n) is 6.36. The molecular formula is C19H25ClN2O. The van der Waals surface area contributed by atoms with Gasteiger partial charge in [0.1, 0.15) is 0 Å². The number of nitrogens with zero attached hydrogens (tertiary/aromatic N) is 1. The van der Waals surface area contributed by atoms with Crippen LogP contribution in [0.2, 0.25) is 5.02 Å². The monoisotopic (exact) mass is 332 g/mol. The average Bonchev–Trinajstić information content (AvgIpc) is 3.00. The molecule has 0 aliphatic rings. The molecule has 0 saturated carbocycles. The van der Waals surface area contributed by atoms with Gasteiger partial charge in [-0.3, -0.25) is 4.79 Å². The van der Waals surface area contributed by atoms with Crippen molar-refractivity contribution < 1.29 is 4.79 Å². The maximum absolute atomic E-state index is 12.3. The van der Waals surface area contributed by atoms with Gasteiger partial charge in [-0.2, -0.15) is 0 Å². The molecule has 124 valence electrons. The highest BCUT2D eigenvalue weighted by Gasteiger charge is 2.16. The van der Waals surface area contributed by atoms with E-state index in [1.165, 1.54) is 0 Å². The van der Waals surface area contributed by atoms with E-state index in [1.54, 1.807) is 0 Å². The van der Waals surface area contributed by atoms with Gasteiger partial charge in [0.25, 0.3) is 0 Å². The van der Waals surface area contributed by atoms with Crippen molar-refractivity contribution in [2.75, 3.05) is 6.54 Å². The third-order valence-corrected chi connectivity index (χ3v) is 4.17. The first kappa shape index (κ1) is 17.6. The van der Waals surface area contributed by atoms with Crippen LogP contribution in [-0.4, -0.2) is 17.0 Å². The molecule has 0 unspecified atom stereocenters. The number of hydrogen-bond donors (Lipinski definition) is 1. The van der Waals surface area contributed by atoms with Crippen LogP contribution in [0.3, 0.4) is 0 Å². The fourth-order valence-electron chi connectivity index (χ4n) is 2.57. The summed E-state index contributed by atoms with van der Waals surface area (Å²) in [5.41, 5.74) is 1.14. The van der Waals surface area contributed by atoms with Crippen LogP contribution in [0.4, 0.5) is 0 Å². The number of benzene rings is 1. The fraction of sp³-hybridized carbons (Fsp3) is 0.421. The zero-order valence-electron chi connectivity index (χ0n) is 13.8. The lowest BCUT2D eigenvalue weighted by Crippen LogP contribution is -2.27. The molecule has 2 rings (SSSR count). The molecular weight excluding hydrogens is 308 g/mol. The lowest BCUT2D eigenvalue weighted by molar-refractivity contribution is -0.121. The Morgan fingerprint density at radius 1 is 1.17 bits per heavy atom. The van der Waals surface area contributed by atoms with Gasteiger partial charge < -0.3 is 9.88 Å². The molecule has 1 heterocycles. The molecule has 0 spiro atoms. The van der Waals surface area contributed by atoms with Crippen LogP contribution in [0.25, 0.3) is 0 Å². The quantitative estimate of drug-likeness (QED) is 0.760. The number of nitrogens with one attached hydrogen (secondary N) is 1. The van der Waals surface area contributed by atoms with Crippen molar-refractivity contribution in [1.82, 2.24) is 9.88 Å². The summed E-state index contributed by atoms with van der Waals surface area (Å²) >= 11 is 5.98. The summed E-state index contributed by atoms with van der Waals surface area (Å²) in [5.74, 6) is 0.846. The van der Waals surface area contributed by atoms with E-state index >= 15 is 0 Å². The smallest absolute Gasteiger partial charge is 0.220 e. The first-order chi connectivity index (χ1) is 11.0. The fourth-order valence-corrected chi connectivity index (χ4v) is 2.69. The Hall–Kier alpha value is -1.74. The van der Waals surface area contributed by atoms with Crippen molar-refractivity contribution in [3.63, 3.8) is 0 Å². The van der Waals surface area contributed by atoms with Crippen LogP contribution in [0.15, 0.2) is 48.8 Å². The predicted molar refractivity (Wildman–Crippen MR) is 95.7 cm³/mol. The number of halogens is 1. The van der Waals surface area contributed by atoms with Gasteiger partial charge in [0.15, 0.2) is 0 Å². The van der Waals surface area contributed by atoms with E-state index in [4.69, 9.17) is 11.6 Å². The minimum atomic E-state index is 0.109. The first-order valence-electron chi connectivity index (χ1n) is 8.17. The van der Waals surface area contributed by atoms with E-state index in [2.05, 4.69) is 23.7 Å². The molecule has 0 radical (unpaired) electrons. The van der Waals surface area contributed by atoms with Crippen molar-refractivity contribution >= 4 is 17.5 Å². The van der Waals surface area contributed by atoms with E-state index in [1.807, 2.05) is 48.8 Å². The van der Waals surface area contributed by atoms with Crippen molar-refractivity contribution in [2.45, 2.75) is 39.2 Å². The number of aromatic nitrogens is 1. The molecule has 1 amide bonds. The summed E-state index contributed by atoms with van der Waals surface area (Å²) in [6.45, 7) is 5.85. The second kappa shape index (κ2) is 8.78. The number of carbonyl (C=O) groups is 1. The standard InChI is InChI=1S/C19H25ClN2O/c1-15(2)9-10-21-19(23)13-17(14-22-11-3-4-12-22)16-5-7-18(20)8-6-16/h3-8,11-12,15,17H,9-10,13-14H2,1-2H3,(H,21,23)/t17-/m1/s1. The van der Waals surface area contributed by atoms with Crippen LogP contribution in [0.1, 0.15) is 38.2 Å². The SMILES string of the molecule is CC(C)CCNC(=O)C[C@H](Cn1cccc1)c1ccc(Cl)cc1. The number of amides is 1. The molecule has 0 aliphatic heterocycles. The predicted octanol–water partition coefficient (Wildman–Crippen LogP) is 4.48. The first-order valence-corrected chi connectivity index (χ1v) is 8.55. The molecule has 0 fully saturated rings. The normalized spacial score (nSPS) is 12.3. The molecule has 1 aromatic heterocycles. The van der Waals surface area contributed by atoms with Crippen LogP contribution in [0.5, 0.6) is 0 Å². The number of hydrogen-bond acceptors (Lipinski definition) is 1. The third-order valence-electron chi connectivity index (χ3n) is 3.91. The van der Waals surface area contributed by atoms with E-state index in [9.17, 15) is 4.79 Å². The highest BCUT2D eigenvalue weighted by molar-refractivity contribution is 6.30. The van der Waals surface area contributed by atoms with Crippen LogP contribution >= 0.6 is 11.6 Å². The van der Waals surface area contributed by atoms with Gasteiger partial charge in [0.2, 0.25) is 5.91 Å². The van der Waals surface area contributed by atoms with Gasteiger partial charge in [-0.05, 0) is 42.2 Å². The molecule has 0 saturated heterocycles. The van der Waals surface area contributed by atoms with Gasteiger partial charge in [0.05, 0.1) is 0 Å². The Bertz CT molecular complexity index is 590. The maximum Gasteiger partial charge on any atom is 0.220 e. The molecule has 23 heavy (non-hydrogen) atoms. The molecule has 1 aromatic carbocycles. The Labute approximate surface area is 143 Å². The van der Waals surface area contributed by atoms with E-state index in [0.717, 1.165) is 30.1 Å². The van der Waals surface area contributed by atoms with E-state index in [-0.39, 0.29) is 11.8 Å². The molecule has 1 atom stereocenters. The lowest BCUT2D eigenvalue weighted by Gasteiger charge is -2.18. The molecule has 0 aliphatic carbocycles. The van der Waals surface area contributed by atoms with Gasteiger partial charge >= 0.3 is 0 Å². The van der Waals surface area contributed by atoms with Gasteiger partial charge in [-0.15, -0.1) is 0 Å². The minimum absolute atomic E-state index is 0.109. The van der Waals surface area contributed by atoms with E-state index in [0.29, 0.717) is 12.3 Å². The number of carbonyl (C=O) groups excluding carboxylic acids is 1. The zero-order chi connectivity index (χ0) is 16.7. The van der Waals surface area contributed by atoms with Gasteiger partial charge in [0, 0.05) is 42.8 Å². The van der Waals surface area contributed by atoms with Gasteiger partial charge in [-0.25, -0.2) is 0 Å². The average molecular weight is 333 g/mol. The topological polar surface area (TPSA) is 34.0 Å². The summed E-state index contributed by atoms with van der Waals surface area (Å²) in [6.07, 6.45) is 5.55. The highest BCUT2D eigenvalue weighted by Crippen LogP contribution is 2.24. The summed E-state index contributed by atoms with van der Waals surface area (Å²) in [4.78, 5) is 12.3. The van der Waals surface area contributed by atoms with Crippen molar-refractivity contribution in [3.05, 3.63) is 59.4 Å². The summed E-state index contributed by atoms with van der Waals surface area (Å²) < 4.78 is 2.11. The molecule has 0 bridgehead atoms. The molecule has 2 aromatic rings. The van der Waals surface area contributed by atoms with Crippen LogP contribution < -0.4 is 5.32 Å². The zero-order valence-corrected chi connectivity index (χ0v) is 14.6. The van der Waals surface area contributed by atoms with E-state index < -0.39 is 0 Å². The largest absolute Gasteiger partial charge is 0.356 e. The Morgan fingerprint density at radius 2 is 1.83 bits per heavy atom. The number of rotatable bonds is 8. The third kappa shape index (κ3) is 6.11. The summed E-state index contributed by atoms with van der Waals surface area (Å²) in [5, 5.41) is 3.75. The summed E-state index contributed by atoms with van der Waals surface area (Å²) in [7, 11) is 0. The highest BCUT2D eigenvalue weighted by atomic mass is 35.5. The lowest BCUT2D eigenvalue weighted by atomic mass is 9.95. The van der Waals surface area contributed by atoms with Gasteiger partial charge in [-0.1, -0.05) is 37.6 Å². The van der Waals surface area contributed by atoms with Crippen molar-refractivity contribution in [1.29, 1.82) is 0 Å². The molecule has 3 nitrogen and oxygen atoms in total. The van der Waals surface area contributed by atoms with Crippen molar-refractivity contribution in [3.8, 4) is 0 Å². The van der Waals surface area contributed by atoms with Crippen molar-refractivity contribution in [2.24, 2.45) is 5.92 Å². The van der Waals surface area contributed by atoms with Crippen LogP contribution in [-0.2, 0) is 11.3 Å². The maximum atomic E-state index is 12.3. The second-order valence-corrected chi connectivity index (χ2v) is 6.80. The molecule has 1 N–H and O–H groups in total. The Kier molecular flexibility index (Phi) is 6.72. The molecule has 4 heteroatoms.